The molecule has 2 atom stereocenters. The van der Waals surface area contributed by atoms with Gasteiger partial charge in [-0.3, -0.25) is 4.79 Å². The van der Waals surface area contributed by atoms with Crippen LogP contribution < -0.4 is 4.74 Å². The van der Waals surface area contributed by atoms with Crippen molar-refractivity contribution in [3.63, 3.8) is 0 Å². The highest BCUT2D eigenvalue weighted by atomic mass is 16.6. The molecule has 90 valence electrons. The molecule has 0 radical (unpaired) electrons. The summed E-state index contributed by atoms with van der Waals surface area (Å²) in [5.74, 6) is 0.820. The molecule has 1 fully saturated rings. The Balaban J connectivity index is 2.02. The van der Waals surface area contributed by atoms with E-state index in [9.17, 15) is 4.79 Å². The molecule has 0 saturated carbocycles. The van der Waals surface area contributed by atoms with Crippen LogP contribution in [0.3, 0.4) is 0 Å². The van der Waals surface area contributed by atoms with Crippen LogP contribution in [-0.4, -0.2) is 24.6 Å². The smallest absolute Gasteiger partial charge is 0.189 e. The maximum atomic E-state index is 11.8. The quantitative estimate of drug-likeness (QED) is 0.591. The van der Waals surface area contributed by atoms with Crippen LogP contribution in [0.4, 0.5) is 0 Å². The molecule has 1 aromatic carbocycles. The molecule has 3 heteroatoms. The molecular formula is C14H16O3. The molecule has 1 aliphatic heterocycles. The Morgan fingerprint density at radius 2 is 2.00 bits per heavy atom. The molecule has 2 rings (SSSR count). The van der Waals surface area contributed by atoms with E-state index in [1.165, 1.54) is 0 Å². The second kappa shape index (κ2) is 4.34. The minimum absolute atomic E-state index is 0.0146. The van der Waals surface area contributed by atoms with Crippen LogP contribution in [0.1, 0.15) is 19.4 Å². The van der Waals surface area contributed by atoms with Gasteiger partial charge in [-0.15, -0.1) is 0 Å². The number of carbonyl (C=O) groups excluding carboxylic acids is 1. The van der Waals surface area contributed by atoms with Crippen LogP contribution in [0.2, 0.25) is 0 Å². The van der Waals surface area contributed by atoms with Gasteiger partial charge in [0.2, 0.25) is 0 Å². The third-order valence-corrected chi connectivity index (χ3v) is 3.17. The third kappa shape index (κ3) is 2.39. The van der Waals surface area contributed by atoms with Crippen molar-refractivity contribution in [2.24, 2.45) is 0 Å². The highest BCUT2D eigenvalue weighted by Gasteiger charge is 2.54. The fraction of sp³-hybridized carbons (Fsp3) is 0.357. The maximum absolute atomic E-state index is 11.8. The number of ketones is 1. The zero-order chi connectivity index (χ0) is 12.5. The van der Waals surface area contributed by atoms with Gasteiger partial charge in [0.15, 0.2) is 11.4 Å². The summed E-state index contributed by atoms with van der Waals surface area (Å²) in [6.45, 7) is 3.72. The van der Waals surface area contributed by atoms with Gasteiger partial charge in [0.05, 0.1) is 13.2 Å². The number of benzene rings is 1. The summed E-state index contributed by atoms with van der Waals surface area (Å²) in [6, 6.07) is 7.54. The van der Waals surface area contributed by atoms with Gasteiger partial charge in [-0.1, -0.05) is 18.2 Å². The fourth-order valence-corrected chi connectivity index (χ4v) is 1.64. The molecule has 0 amide bonds. The van der Waals surface area contributed by atoms with E-state index < -0.39 is 5.60 Å². The van der Waals surface area contributed by atoms with Crippen LogP contribution in [0.25, 0.3) is 6.08 Å². The summed E-state index contributed by atoms with van der Waals surface area (Å²) in [6.07, 6.45) is 3.39. The lowest BCUT2D eigenvalue weighted by Gasteiger charge is -2.00. The Morgan fingerprint density at radius 3 is 2.47 bits per heavy atom. The number of hydrogen-bond acceptors (Lipinski definition) is 3. The second-order valence-corrected chi connectivity index (χ2v) is 4.34. The van der Waals surface area contributed by atoms with Crippen LogP contribution in [0.15, 0.2) is 30.3 Å². The van der Waals surface area contributed by atoms with Gasteiger partial charge in [0.25, 0.3) is 0 Å². The van der Waals surface area contributed by atoms with E-state index in [1.807, 2.05) is 38.1 Å². The highest BCUT2D eigenvalue weighted by molar-refractivity contribution is 6.01. The Morgan fingerprint density at radius 1 is 1.41 bits per heavy atom. The first-order chi connectivity index (χ1) is 8.06. The highest BCUT2D eigenvalue weighted by Crippen LogP contribution is 2.36. The molecule has 0 aromatic heterocycles. The van der Waals surface area contributed by atoms with Gasteiger partial charge in [0.1, 0.15) is 5.75 Å². The van der Waals surface area contributed by atoms with E-state index in [4.69, 9.17) is 9.47 Å². The minimum atomic E-state index is -0.608. The Labute approximate surface area is 101 Å². The van der Waals surface area contributed by atoms with E-state index in [-0.39, 0.29) is 11.9 Å². The molecule has 0 spiro atoms. The van der Waals surface area contributed by atoms with E-state index in [0.29, 0.717) is 0 Å². The minimum Gasteiger partial charge on any atom is -0.497 e. The second-order valence-electron chi connectivity index (χ2n) is 4.34. The van der Waals surface area contributed by atoms with E-state index in [2.05, 4.69) is 0 Å². The van der Waals surface area contributed by atoms with Crippen molar-refractivity contribution in [1.82, 2.24) is 0 Å². The van der Waals surface area contributed by atoms with E-state index >= 15 is 0 Å². The van der Waals surface area contributed by atoms with Gasteiger partial charge < -0.3 is 9.47 Å². The molecule has 0 aliphatic carbocycles. The normalized spacial score (nSPS) is 27.1. The molecule has 0 N–H and O–H groups in total. The summed E-state index contributed by atoms with van der Waals surface area (Å²) in [4.78, 5) is 11.8. The first-order valence-electron chi connectivity index (χ1n) is 5.60. The van der Waals surface area contributed by atoms with Crippen LogP contribution in [0.5, 0.6) is 5.75 Å². The summed E-state index contributed by atoms with van der Waals surface area (Å²) in [5, 5.41) is 0. The first kappa shape index (κ1) is 11.9. The van der Waals surface area contributed by atoms with Crippen LogP contribution >= 0.6 is 0 Å². The van der Waals surface area contributed by atoms with Crippen molar-refractivity contribution in [3.8, 4) is 5.75 Å². The number of epoxide rings is 1. The molecule has 0 bridgehead atoms. The lowest BCUT2D eigenvalue weighted by atomic mass is 10.0. The van der Waals surface area contributed by atoms with Gasteiger partial charge in [-0.2, -0.15) is 0 Å². The summed E-state index contributed by atoms with van der Waals surface area (Å²) < 4.78 is 10.3. The summed E-state index contributed by atoms with van der Waals surface area (Å²) in [5.41, 5.74) is 0.360. The molecule has 1 saturated heterocycles. The van der Waals surface area contributed by atoms with Crippen molar-refractivity contribution < 1.29 is 14.3 Å². The van der Waals surface area contributed by atoms with Crippen LogP contribution in [0, 0.1) is 0 Å². The third-order valence-electron chi connectivity index (χ3n) is 3.17. The van der Waals surface area contributed by atoms with Gasteiger partial charge in [-0.25, -0.2) is 0 Å². The number of carbonyl (C=O) groups is 1. The van der Waals surface area contributed by atoms with Crippen LogP contribution in [-0.2, 0) is 9.53 Å². The van der Waals surface area contributed by atoms with Gasteiger partial charge in [-0.05, 0) is 37.6 Å². The molecule has 1 aliphatic rings. The predicted molar refractivity (Wildman–Crippen MR) is 66.0 cm³/mol. The lowest BCUT2D eigenvalue weighted by Crippen LogP contribution is -2.20. The Hall–Kier alpha value is -1.61. The molecule has 3 nitrogen and oxygen atoms in total. The number of methoxy groups -OCH3 is 1. The van der Waals surface area contributed by atoms with Crippen molar-refractivity contribution in [3.05, 3.63) is 35.9 Å². The SMILES string of the molecule is COc1ccc(C=CC(=O)[C@@]2(C)O[C@H]2C)cc1. The molecule has 0 unspecified atom stereocenters. The van der Waals surface area contributed by atoms with E-state index in [1.54, 1.807) is 19.3 Å². The Kier molecular flexibility index (Phi) is 3.03. The molecular weight excluding hydrogens is 216 g/mol. The van der Waals surface area contributed by atoms with Crippen molar-refractivity contribution in [1.29, 1.82) is 0 Å². The molecule has 1 heterocycles. The largest absolute Gasteiger partial charge is 0.497 e. The van der Waals surface area contributed by atoms with Gasteiger partial charge >= 0.3 is 0 Å². The number of ether oxygens (including phenoxy) is 2. The van der Waals surface area contributed by atoms with Crippen molar-refractivity contribution in [2.45, 2.75) is 25.6 Å². The Bertz CT molecular complexity index is 447. The fourth-order valence-electron chi connectivity index (χ4n) is 1.64. The summed E-state index contributed by atoms with van der Waals surface area (Å²) >= 11 is 0. The summed E-state index contributed by atoms with van der Waals surface area (Å²) in [7, 11) is 1.63. The van der Waals surface area contributed by atoms with Gasteiger partial charge in [0, 0.05) is 0 Å². The number of rotatable bonds is 4. The first-order valence-corrected chi connectivity index (χ1v) is 5.60. The number of hydrogen-bond donors (Lipinski definition) is 0. The average molecular weight is 232 g/mol. The van der Waals surface area contributed by atoms with Crippen molar-refractivity contribution in [2.75, 3.05) is 7.11 Å². The molecule has 17 heavy (non-hydrogen) atoms. The molecule has 1 aromatic rings. The lowest BCUT2D eigenvalue weighted by molar-refractivity contribution is -0.118. The standard InChI is InChI=1S/C14H16O3/c1-10-14(2,17-10)13(15)9-6-11-4-7-12(16-3)8-5-11/h4-10H,1-3H3/t10-,14-/m0/s1. The predicted octanol–water partition coefficient (Wildman–Crippen LogP) is 2.45. The van der Waals surface area contributed by atoms with E-state index in [0.717, 1.165) is 11.3 Å². The topological polar surface area (TPSA) is 38.8 Å². The maximum Gasteiger partial charge on any atom is 0.189 e. The van der Waals surface area contributed by atoms with Crippen molar-refractivity contribution >= 4 is 11.9 Å². The average Bonchev–Trinajstić information content (AvgIpc) is 2.96. The zero-order valence-corrected chi connectivity index (χ0v) is 10.3. The monoisotopic (exact) mass is 232 g/mol. The zero-order valence-electron chi connectivity index (χ0n) is 10.3.